The Balaban J connectivity index is 4.56. The van der Waals surface area contributed by atoms with Crippen LogP contribution in [0.15, 0.2) is 182 Å². The standard InChI is InChI=1S/C103H174O16P2/c1-4-7-10-13-16-19-22-25-28-31-34-37-39-41-43-45-46-47-48-49-50-52-54-55-57-60-62-65-68-71-74-77-80-83-86-89-101(106)113-92-98(104)93-115-120(109,110)116-94-99(105)95-117-121(111,112)118-97-100(119-103(108)91-88-85-82-79-76-73-70-67-64-59-36-33-30-27-24-21-18-15-12-9-6-3)96-114-102(107)90-87-84-81-78-75-72-69-66-63-61-58-56-53-51-44-42-40-38-35-32-29-26-23-20-17-14-11-8-5-2/h8-9,11-12,16-21,25-30,34-38,41-44,59,67,70,76,79,98-100,104-105H,4-7,10,13-15,22-24,31-33,39-40,45-58,60-66,68-69,71-75,77-78,80-97H2,1-3H3,(H,109,110)(H,111,112)/b11-8-,12-9-,19-16-,20-17-,21-18-,28-25-,29-26-,30-27-,37-34-,38-35-,43-41-,44-42-,59-36-,70-67-,79-76-. The fraction of sp³-hybridized carbons (Fsp3) is 0.680. The van der Waals surface area contributed by atoms with Crippen LogP contribution in [-0.4, -0.2) is 95.9 Å². The van der Waals surface area contributed by atoms with Gasteiger partial charge in [-0.3, -0.25) is 32.5 Å². The van der Waals surface area contributed by atoms with Crippen LogP contribution in [0, 0.1) is 0 Å². The van der Waals surface area contributed by atoms with Gasteiger partial charge in [-0.2, -0.15) is 0 Å². The number of allylic oxidation sites excluding steroid dienone is 30. The molecule has 121 heavy (non-hydrogen) atoms. The molecule has 0 radical (unpaired) electrons. The molecule has 0 aromatic carbocycles. The summed E-state index contributed by atoms with van der Waals surface area (Å²) in [5, 5.41) is 20.8. The predicted molar refractivity (Wildman–Crippen MR) is 509 cm³/mol. The minimum absolute atomic E-state index is 0.0444. The number of aliphatic hydroxyl groups excluding tert-OH is 2. The third-order valence-electron chi connectivity index (χ3n) is 20.1. The Morgan fingerprint density at radius 3 is 0.711 bits per heavy atom. The van der Waals surface area contributed by atoms with Crippen LogP contribution < -0.4 is 0 Å². The van der Waals surface area contributed by atoms with Gasteiger partial charge >= 0.3 is 33.6 Å². The highest BCUT2D eigenvalue weighted by Crippen LogP contribution is 2.45. The van der Waals surface area contributed by atoms with Gasteiger partial charge in [-0.1, -0.05) is 396 Å². The van der Waals surface area contributed by atoms with Gasteiger partial charge in [-0.05, 0) is 161 Å². The molecule has 5 unspecified atom stereocenters. The van der Waals surface area contributed by atoms with Crippen LogP contribution >= 0.6 is 15.6 Å². The van der Waals surface area contributed by atoms with Crippen molar-refractivity contribution in [3.05, 3.63) is 182 Å². The molecule has 4 N–H and O–H groups in total. The Labute approximate surface area is 738 Å². The van der Waals surface area contributed by atoms with Crippen molar-refractivity contribution in [1.29, 1.82) is 0 Å². The highest BCUT2D eigenvalue weighted by Gasteiger charge is 2.30. The highest BCUT2D eigenvalue weighted by molar-refractivity contribution is 7.47. The van der Waals surface area contributed by atoms with Crippen LogP contribution in [-0.2, 0) is 55.8 Å². The summed E-state index contributed by atoms with van der Waals surface area (Å²) in [4.78, 5) is 59.0. The Morgan fingerprint density at radius 1 is 0.240 bits per heavy atom. The summed E-state index contributed by atoms with van der Waals surface area (Å²) in [6, 6.07) is 0. The molecular weight excluding hydrogens is 1560 g/mol. The minimum atomic E-state index is -4.96. The summed E-state index contributed by atoms with van der Waals surface area (Å²) in [6.45, 7) is 2.42. The van der Waals surface area contributed by atoms with E-state index in [0.29, 0.717) is 25.7 Å². The van der Waals surface area contributed by atoms with E-state index in [9.17, 15) is 43.5 Å². The lowest BCUT2D eigenvalue weighted by atomic mass is 10.0. The minimum Gasteiger partial charge on any atom is -0.463 e. The molecule has 5 atom stereocenters. The van der Waals surface area contributed by atoms with E-state index in [1.54, 1.807) is 0 Å². The van der Waals surface area contributed by atoms with Gasteiger partial charge in [0.25, 0.3) is 0 Å². The fourth-order valence-electron chi connectivity index (χ4n) is 12.9. The summed E-state index contributed by atoms with van der Waals surface area (Å²) in [6.07, 6.45) is 124. The number of hydrogen-bond donors (Lipinski definition) is 4. The summed E-state index contributed by atoms with van der Waals surface area (Å²) < 4.78 is 61.5. The number of phosphoric acid groups is 2. The second-order valence-electron chi connectivity index (χ2n) is 31.8. The Morgan fingerprint density at radius 2 is 0.438 bits per heavy atom. The molecule has 0 bridgehead atoms. The first-order valence-corrected chi connectivity index (χ1v) is 51.1. The van der Waals surface area contributed by atoms with E-state index in [1.807, 2.05) is 0 Å². The van der Waals surface area contributed by atoms with Crippen LogP contribution in [0.5, 0.6) is 0 Å². The normalized spacial score (nSPS) is 14.5. The molecule has 0 aliphatic heterocycles. The SMILES string of the molecule is CC/C=C\C/C=C\C/C=C\C/C=C\C/C=C\C/C=C\CCCCC(=O)OC(COC(=O)CCCCCCCCCCCCCCC/C=C\C/C=C\C/C=C\C/C=C\C/C=C\CC)COP(=O)(O)OCC(O)COP(=O)(O)OCC(O)COC(=O)CCCCCCCCCCCCCCCCCCCCC/C=C\C/C=C\C/C=C\C/C=C\CCCCC. The van der Waals surface area contributed by atoms with E-state index in [1.165, 1.54) is 180 Å². The monoisotopic (exact) mass is 1730 g/mol. The summed E-state index contributed by atoms with van der Waals surface area (Å²) in [7, 11) is -9.83. The molecule has 0 rings (SSSR count). The zero-order valence-corrected chi connectivity index (χ0v) is 78.2. The number of carbonyl (C=O) groups excluding carboxylic acids is 3. The lowest BCUT2D eigenvalue weighted by molar-refractivity contribution is -0.161. The average molecular weight is 1730 g/mol. The van der Waals surface area contributed by atoms with Gasteiger partial charge in [0.2, 0.25) is 0 Å². The maximum atomic E-state index is 13.1. The molecule has 0 amide bonds. The number of carbonyl (C=O) groups is 3. The quantitative estimate of drug-likeness (QED) is 0.0146. The number of ether oxygens (including phenoxy) is 3. The average Bonchev–Trinajstić information content (AvgIpc) is 0.952. The maximum Gasteiger partial charge on any atom is 0.472 e. The van der Waals surface area contributed by atoms with Gasteiger partial charge in [0.15, 0.2) is 6.10 Å². The second-order valence-corrected chi connectivity index (χ2v) is 34.7. The zero-order chi connectivity index (χ0) is 87.9. The molecule has 0 saturated carbocycles. The lowest BCUT2D eigenvalue weighted by Gasteiger charge is -2.21. The van der Waals surface area contributed by atoms with Crippen molar-refractivity contribution in [2.45, 2.75) is 411 Å². The molecular formula is C103H174O16P2. The third-order valence-corrected chi connectivity index (χ3v) is 22.0. The first-order chi connectivity index (χ1) is 59.2. The highest BCUT2D eigenvalue weighted by atomic mass is 31.2. The van der Waals surface area contributed by atoms with Crippen molar-refractivity contribution >= 4 is 33.6 Å². The van der Waals surface area contributed by atoms with Gasteiger partial charge in [0.1, 0.15) is 25.4 Å². The number of unbranched alkanes of at least 4 members (excludes halogenated alkanes) is 37. The molecule has 0 aliphatic rings. The van der Waals surface area contributed by atoms with Crippen molar-refractivity contribution in [3.63, 3.8) is 0 Å². The van der Waals surface area contributed by atoms with Crippen molar-refractivity contribution in [3.8, 4) is 0 Å². The van der Waals surface area contributed by atoms with Crippen LogP contribution in [0.1, 0.15) is 393 Å². The van der Waals surface area contributed by atoms with Gasteiger partial charge in [0.05, 0.1) is 26.4 Å². The molecule has 0 fully saturated rings. The molecule has 0 aromatic rings. The molecule has 0 saturated heterocycles. The van der Waals surface area contributed by atoms with E-state index in [0.717, 1.165) is 148 Å². The van der Waals surface area contributed by atoms with Gasteiger partial charge in [-0.15, -0.1) is 0 Å². The molecule has 18 heteroatoms. The topological polar surface area (TPSA) is 231 Å². The Kier molecular flexibility index (Phi) is 89.6. The molecule has 16 nitrogen and oxygen atoms in total. The molecule has 0 spiro atoms. The van der Waals surface area contributed by atoms with E-state index in [4.69, 9.17) is 32.3 Å². The Bertz CT molecular complexity index is 2930. The third kappa shape index (κ3) is 95.2. The predicted octanol–water partition coefficient (Wildman–Crippen LogP) is 30.0. The van der Waals surface area contributed by atoms with Gasteiger partial charge in [-0.25, -0.2) is 9.13 Å². The fourth-order valence-corrected chi connectivity index (χ4v) is 14.5. The number of aliphatic hydroxyl groups is 2. The van der Waals surface area contributed by atoms with Crippen LogP contribution in [0.4, 0.5) is 0 Å². The van der Waals surface area contributed by atoms with Crippen LogP contribution in [0.25, 0.3) is 0 Å². The van der Waals surface area contributed by atoms with Gasteiger partial charge in [0, 0.05) is 19.3 Å². The molecule has 0 aromatic heterocycles. The van der Waals surface area contributed by atoms with Crippen LogP contribution in [0.3, 0.4) is 0 Å². The number of phosphoric ester groups is 2. The largest absolute Gasteiger partial charge is 0.472 e. The molecule has 0 aliphatic carbocycles. The Hall–Kier alpha value is -5.35. The number of esters is 3. The lowest BCUT2D eigenvalue weighted by Crippen LogP contribution is -2.30. The smallest absolute Gasteiger partial charge is 0.463 e. The summed E-state index contributed by atoms with van der Waals surface area (Å²) >= 11 is 0. The number of hydrogen-bond acceptors (Lipinski definition) is 14. The van der Waals surface area contributed by atoms with Crippen molar-refractivity contribution in [2.24, 2.45) is 0 Å². The van der Waals surface area contributed by atoms with E-state index in [-0.39, 0.29) is 19.3 Å². The van der Waals surface area contributed by atoms with E-state index >= 15 is 0 Å². The number of rotatable bonds is 90. The first kappa shape index (κ1) is 116. The zero-order valence-electron chi connectivity index (χ0n) is 76.4. The van der Waals surface area contributed by atoms with Gasteiger partial charge < -0.3 is 34.2 Å². The summed E-state index contributed by atoms with van der Waals surface area (Å²) in [5.74, 6) is -1.62. The van der Waals surface area contributed by atoms with E-state index in [2.05, 4.69) is 203 Å². The molecule has 0 heterocycles. The molecule has 692 valence electrons. The second kappa shape index (κ2) is 93.8. The van der Waals surface area contributed by atoms with Crippen molar-refractivity contribution in [1.82, 2.24) is 0 Å². The van der Waals surface area contributed by atoms with E-state index < -0.39 is 91.5 Å². The maximum absolute atomic E-state index is 13.1. The first-order valence-electron chi connectivity index (χ1n) is 48.1. The van der Waals surface area contributed by atoms with Crippen LogP contribution in [0.2, 0.25) is 0 Å². The van der Waals surface area contributed by atoms with Crippen molar-refractivity contribution < 1.29 is 75.8 Å². The summed E-state index contributed by atoms with van der Waals surface area (Å²) in [5.41, 5.74) is 0. The van der Waals surface area contributed by atoms with Crippen molar-refractivity contribution in [2.75, 3.05) is 39.6 Å².